The van der Waals surface area contributed by atoms with Gasteiger partial charge in [-0.05, 0) is 49.3 Å². The zero-order valence-electron chi connectivity index (χ0n) is 13.2. The van der Waals surface area contributed by atoms with E-state index in [1.165, 1.54) is 12.2 Å². The van der Waals surface area contributed by atoms with Crippen LogP contribution in [0.2, 0.25) is 5.28 Å². The number of anilines is 1. The Balaban J connectivity index is 1.65. The molecule has 4 heterocycles. The van der Waals surface area contributed by atoms with E-state index in [1.807, 2.05) is 43.2 Å². The number of aryl methyl sites for hydroxylation is 1. The van der Waals surface area contributed by atoms with Gasteiger partial charge in [-0.2, -0.15) is 9.97 Å². The number of rotatable bonds is 4. The number of aromatic nitrogens is 5. The third kappa shape index (κ3) is 3.06. The SMILES string of the molecule is Cc1cccc(CNc2nc(Cl)nc3c2ncn3[C@H]2CCCS2)n1. The lowest BCUT2D eigenvalue weighted by Crippen LogP contribution is -2.06. The Morgan fingerprint density at radius 1 is 1.33 bits per heavy atom. The van der Waals surface area contributed by atoms with Crippen molar-refractivity contribution in [2.45, 2.75) is 31.7 Å². The van der Waals surface area contributed by atoms with Gasteiger partial charge in [-0.3, -0.25) is 4.98 Å². The largest absolute Gasteiger partial charge is 0.362 e. The number of imidazole rings is 1. The van der Waals surface area contributed by atoms with Gasteiger partial charge in [0.2, 0.25) is 5.28 Å². The highest BCUT2D eigenvalue weighted by molar-refractivity contribution is 7.99. The van der Waals surface area contributed by atoms with Crippen LogP contribution < -0.4 is 5.32 Å². The molecule has 0 spiro atoms. The molecule has 0 unspecified atom stereocenters. The lowest BCUT2D eigenvalue weighted by molar-refractivity contribution is 0.654. The minimum absolute atomic E-state index is 0.229. The molecule has 1 fully saturated rings. The van der Waals surface area contributed by atoms with E-state index in [4.69, 9.17) is 11.6 Å². The number of pyridine rings is 1. The fraction of sp³-hybridized carbons (Fsp3) is 0.375. The molecule has 1 aliphatic heterocycles. The van der Waals surface area contributed by atoms with Gasteiger partial charge in [0.15, 0.2) is 17.0 Å². The second-order valence-corrected chi connectivity index (χ2v) is 7.38. The number of nitrogens with one attached hydrogen (secondary N) is 1. The highest BCUT2D eigenvalue weighted by Crippen LogP contribution is 2.37. The molecule has 3 aromatic heterocycles. The summed E-state index contributed by atoms with van der Waals surface area (Å²) in [7, 11) is 0. The zero-order chi connectivity index (χ0) is 16.5. The van der Waals surface area contributed by atoms with E-state index in [0.717, 1.165) is 29.0 Å². The third-order valence-electron chi connectivity index (χ3n) is 3.99. The molecule has 24 heavy (non-hydrogen) atoms. The molecule has 0 aromatic carbocycles. The summed E-state index contributed by atoms with van der Waals surface area (Å²) in [6, 6.07) is 5.95. The van der Waals surface area contributed by atoms with Crippen LogP contribution >= 0.6 is 23.4 Å². The van der Waals surface area contributed by atoms with Crippen molar-refractivity contribution in [3.8, 4) is 0 Å². The number of nitrogens with zero attached hydrogens (tertiary/aromatic N) is 5. The maximum absolute atomic E-state index is 6.14. The van der Waals surface area contributed by atoms with Crippen LogP contribution in [-0.2, 0) is 6.54 Å². The molecule has 1 atom stereocenters. The van der Waals surface area contributed by atoms with Gasteiger partial charge in [-0.15, -0.1) is 11.8 Å². The molecule has 1 aliphatic rings. The number of halogens is 1. The second kappa shape index (κ2) is 6.57. The molecule has 0 radical (unpaired) electrons. The molecular weight excluding hydrogens is 344 g/mol. The number of fused-ring (bicyclic) bond motifs is 1. The Kier molecular flexibility index (Phi) is 4.28. The first-order valence-electron chi connectivity index (χ1n) is 7.89. The summed E-state index contributed by atoms with van der Waals surface area (Å²) in [5, 5.41) is 3.91. The van der Waals surface area contributed by atoms with Crippen molar-refractivity contribution in [3.05, 3.63) is 41.2 Å². The minimum atomic E-state index is 0.229. The van der Waals surface area contributed by atoms with Crippen molar-refractivity contribution in [3.63, 3.8) is 0 Å². The quantitative estimate of drug-likeness (QED) is 0.713. The van der Waals surface area contributed by atoms with E-state index in [2.05, 4.69) is 29.8 Å². The van der Waals surface area contributed by atoms with Crippen molar-refractivity contribution in [1.82, 2.24) is 24.5 Å². The minimum Gasteiger partial charge on any atom is -0.362 e. The van der Waals surface area contributed by atoms with E-state index in [-0.39, 0.29) is 5.28 Å². The predicted molar refractivity (Wildman–Crippen MR) is 97.4 cm³/mol. The van der Waals surface area contributed by atoms with E-state index in [0.29, 0.717) is 17.7 Å². The number of thioether (sulfide) groups is 1. The summed E-state index contributed by atoms with van der Waals surface area (Å²) in [6.07, 6.45) is 4.19. The topological polar surface area (TPSA) is 68.5 Å². The Morgan fingerprint density at radius 3 is 3.04 bits per heavy atom. The van der Waals surface area contributed by atoms with Gasteiger partial charge in [0.05, 0.1) is 23.9 Å². The lowest BCUT2D eigenvalue weighted by atomic mass is 10.3. The third-order valence-corrected chi connectivity index (χ3v) is 5.53. The first-order chi connectivity index (χ1) is 11.7. The van der Waals surface area contributed by atoms with Crippen molar-refractivity contribution < 1.29 is 0 Å². The maximum atomic E-state index is 6.14. The van der Waals surface area contributed by atoms with E-state index >= 15 is 0 Å². The summed E-state index contributed by atoms with van der Waals surface area (Å²) in [5.41, 5.74) is 3.47. The van der Waals surface area contributed by atoms with Gasteiger partial charge in [0.25, 0.3) is 0 Å². The first kappa shape index (κ1) is 15.7. The molecule has 8 heteroatoms. The molecular formula is C16H17ClN6S. The fourth-order valence-corrected chi connectivity index (χ4v) is 4.29. The van der Waals surface area contributed by atoms with Crippen LogP contribution in [0.1, 0.15) is 29.6 Å². The van der Waals surface area contributed by atoms with Crippen LogP contribution in [0.25, 0.3) is 11.2 Å². The standard InChI is InChI=1S/C16H17ClN6S/c1-10-4-2-5-11(20-10)8-18-14-13-15(22-16(17)21-14)23(9-19-13)12-6-3-7-24-12/h2,4-5,9,12H,3,6-8H2,1H3,(H,18,21,22)/t12-/m1/s1. The van der Waals surface area contributed by atoms with Gasteiger partial charge in [-0.25, -0.2) is 4.98 Å². The molecule has 0 amide bonds. The van der Waals surface area contributed by atoms with Crippen molar-refractivity contribution in [1.29, 1.82) is 0 Å². The Morgan fingerprint density at radius 2 is 2.25 bits per heavy atom. The summed E-state index contributed by atoms with van der Waals surface area (Å²) in [6.45, 7) is 2.54. The molecule has 1 saturated heterocycles. The normalized spacial score (nSPS) is 17.5. The van der Waals surface area contributed by atoms with Crippen LogP contribution in [0.4, 0.5) is 5.82 Å². The fourth-order valence-electron chi connectivity index (χ4n) is 2.88. The Bertz CT molecular complexity index is 874. The van der Waals surface area contributed by atoms with E-state index in [1.54, 1.807) is 0 Å². The molecule has 6 nitrogen and oxygen atoms in total. The smallest absolute Gasteiger partial charge is 0.226 e. The van der Waals surface area contributed by atoms with Gasteiger partial charge in [0, 0.05) is 5.69 Å². The van der Waals surface area contributed by atoms with Gasteiger partial charge >= 0.3 is 0 Å². The lowest BCUT2D eigenvalue weighted by Gasteiger charge is -2.11. The first-order valence-corrected chi connectivity index (χ1v) is 9.31. The van der Waals surface area contributed by atoms with Crippen LogP contribution in [-0.4, -0.2) is 30.3 Å². The average Bonchev–Trinajstić information content (AvgIpc) is 3.21. The summed E-state index contributed by atoms with van der Waals surface area (Å²) in [5.74, 6) is 1.82. The van der Waals surface area contributed by atoms with Crippen molar-refractivity contribution >= 4 is 40.3 Å². The molecule has 4 rings (SSSR count). The summed E-state index contributed by atoms with van der Waals surface area (Å²) < 4.78 is 2.11. The van der Waals surface area contributed by atoms with Crippen LogP contribution in [0, 0.1) is 6.92 Å². The van der Waals surface area contributed by atoms with Crippen LogP contribution in [0.15, 0.2) is 24.5 Å². The summed E-state index contributed by atoms with van der Waals surface area (Å²) in [4.78, 5) is 17.7. The zero-order valence-corrected chi connectivity index (χ0v) is 14.8. The molecule has 1 N–H and O–H groups in total. The summed E-state index contributed by atoms with van der Waals surface area (Å²) >= 11 is 8.07. The van der Waals surface area contributed by atoms with Crippen LogP contribution in [0.5, 0.6) is 0 Å². The van der Waals surface area contributed by atoms with Gasteiger partial charge in [-0.1, -0.05) is 6.07 Å². The predicted octanol–water partition coefficient (Wildman–Crippen LogP) is 3.82. The van der Waals surface area contributed by atoms with E-state index in [9.17, 15) is 0 Å². The second-order valence-electron chi connectivity index (χ2n) is 5.76. The molecule has 0 saturated carbocycles. The Labute approximate surface area is 149 Å². The maximum Gasteiger partial charge on any atom is 0.226 e. The molecule has 0 bridgehead atoms. The highest BCUT2D eigenvalue weighted by atomic mass is 35.5. The Hall–Kier alpha value is -1.86. The average molecular weight is 361 g/mol. The van der Waals surface area contributed by atoms with Gasteiger partial charge < -0.3 is 9.88 Å². The van der Waals surface area contributed by atoms with Gasteiger partial charge in [0.1, 0.15) is 0 Å². The highest BCUT2D eigenvalue weighted by Gasteiger charge is 2.22. The molecule has 3 aromatic rings. The molecule has 0 aliphatic carbocycles. The number of hydrogen-bond acceptors (Lipinski definition) is 6. The number of hydrogen-bond donors (Lipinski definition) is 1. The van der Waals surface area contributed by atoms with Crippen molar-refractivity contribution in [2.24, 2.45) is 0 Å². The van der Waals surface area contributed by atoms with E-state index < -0.39 is 0 Å². The molecule has 124 valence electrons. The monoisotopic (exact) mass is 360 g/mol. The van der Waals surface area contributed by atoms with Crippen molar-refractivity contribution in [2.75, 3.05) is 11.1 Å². The van der Waals surface area contributed by atoms with Crippen LogP contribution in [0.3, 0.4) is 0 Å².